The molecule has 0 aliphatic rings. The van der Waals surface area contributed by atoms with Gasteiger partial charge in [0.25, 0.3) is 0 Å². The van der Waals surface area contributed by atoms with Crippen LogP contribution >= 0.6 is 11.6 Å². The van der Waals surface area contributed by atoms with E-state index in [2.05, 4.69) is 0 Å². The SMILES string of the molecule is Cc1c(C(=O)c2cc(Cl)ccc2CS(=O)(=O)c2ccc(OC(C)C)cc2)ccc[n+]1[O-]. The highest BCUT2D eigenvalue weighted by Gasteiger charge is 2.24. The van der Waals surface area contributed by atoms with E-state index in [1.807, 2.05) is 13.8 Å². The van der Waals surface area contributed by atoms with Gasteiger partial charge in [0.2, 0.25) is 5.69 Å². The first-order chi connectivity index (χ1) is 14.6. The third-order valence-electron chi connectivity index (χ3n) is 4.67. The van der Waals surface area contributed by atoms with E-state index in [-0.39, 0.29) is 33.6 Å². The molecule has 0 amide bonds. The molecular weight excluding hydrogens is 438 g/mol. The molecule has 0 spiro atoms. The lowest BCUT2D eigenvalue weighted by Gasteiger charge is -2.13. The second kappa shape index (κ2) is 9.08. The summed E-state index contributed by atoms with van der Waals surface area (Å²) in [6, 6.07) is 13.6. The number of carbonyl (C=O) groups excluding carboxylic acids is 1. The average molecular weight is 460 g/mol. The highest BCUT2D eigenvalue weighted by Crippen LogP contribution is 2.26. The Morgan fingerprint density at radius 2 is 1.77 bits per heavy atom. The number of hydrogen-bond acceptors (Lipinski definition) is 5. The molecule has 8 heteroatoms. The molecule has 0 radical (unpaired) electrons. The first kappa shape index (κ1) is 22.8. The van der Waals surface area contributed by atoms with Crippen LogP contribution in [0.4, 0.5) is 0 Å². The molecule has 0 saturated heterocycles. The Kier molecular flexibility index (Phi) is 6.67. The molecule has 0 aliphatic carbocycles. The molecule has 3 rings (SSSR count). The van der Waals surface area contributed by atoms with Crippen molar-refractivity contribution in [1.82, 2.24) is 0 Å². The molecule has 0 atom stereocenters. The van der Waals surface area contributed by atoms with Crippen molar-refractivity contribution in [3.63, 3.8) is 0 Å². The van der Waals surface area contributed by atoms with E-state index in [1.165, 1.54) is 55.6 Å². The Morgan fingerprint density at radius 3 is 2.42 bits per heavy atom. The molecule has 3 aromatic rings. The van der Waals surface area contributed by atoms with E-state index >= 15 is 0 Å². The summed E-state index contributed by atoms with van der Waals surface area (Å²) < 4.78 is 32.2. The summed E-state index contributed by atoms with van der Waals surface area (Å²) in [5.74, 6) is -0.281. The second-order valence-corrected chi connectivity index (χ2v) is 9.79. The van der Waals surface area contributed by atoms with E-state index in [9.17, 15) is 18.4 Å². The van der Waals surface area contributed by atoms with Crippen molar-refractivity contribution in [2.75, 3.05) is 0 Å². The number of ketones is 1. The van der Waals surface area contributed by atoms with Gasteiger partial charge in [-0.3, -0.25) is 4.79 Å². The highest BCUT2D eigenvalue weighted by atomic mass is 35.5. The van der Waals surface area contributed by atoms with Gasteiger partial charge in [-0.05, 0) is 61.9 Å². The minimum atomic E-state index is -3.75. The van der Waals surface area contributed by atoms with E-state index in [0.29, 0.717) is 21.1 Å². The highest BCUT2D eigenvalue weighted by molar-refractivity contribution is 7.90. The predicted octanol–water partition coefficient (Wildman–Crippen LogP) is 4.27. The average Bonchev–Trinajstić information content (AvgIpc) is 2.71. The summed E-state index contributed by atoms with van der Waals surface area (Å²) in [7, 11) is -3.75. The molecule has 1 heterocycles. The zero-order chi connectivity index (χ0) is 22.8. The summed E-state index contributed by atoms with van der Waals surface area (Å²) in [6.45, 7) is 5.29. The van der Waals surface area contributed by atoms with Crippen LogP contribution in [-0.4, -0.2) is 20.3 Å². The van der Waals surface area contributed by atoms with Crippen LogP contribution in [0.2, 0.25) is 5.02 Å². The molecule has 0 fully saturated rings. The third-order valence-corrected chi connectivity index (χ3v) is 6.58. The zero-order valence-electron chi connectivity index (χ0n) is 17.3. The fraction of sp³-hybridized carbons (Fsp3) is 0.217. The number of aromatic nitrogens is 1. The maximum absolute atomic E-state index is 13.1. The Hall–Kier alpha value is -2.90. The van der Waals surface area contributed by atoms with E-state index in [0.717, 1.165) is 0 Å². The van der Waals surface area contributed by atoms with Crippen LogP contribution in [0.25, 0.3) is 0 Å². The van der Waals surface area contributed by atoms with E-state index < -0.39 is 15.6 Å². The number of nitrogens with zero attached hydrogens (tertiary/aromatic N) is 1. The van der Waals surface area contributed by atoms with Gasteiger partial charge in [0.15, 0.2) is 21.8 Å². The molecule has 31 heavy (non-hydrogen) atoms. The van der Waals surface area contributed by atoms with Crippen LogP contribution in [0.3, 0.4) is 0 Å². The standard InChI is InChI=1S/C23H22ClNO5S/c1-15(2)30-19-8-10-20(11-9-19)31(28,29)14-17-6-7-18(24)13-22(17)23(26)21-5-4-12-25(27)16(21)3/h4-13,15H,14H2,1-3H3. The third kappa shape index (κ3) is 5.24. The number of rotatable bonds is 7. The van der Waals surface area contributed by atoms with Gasteiger partial charge in [0.05, 0.1) is 22.3 Å². The maximum atomic E-state index is 13.1. The lowest BCUT2D eigenvalue weighted by atomic mass is 9.98. The molecule has 162 valence electrons. The second-order valence-electron chi connectivity index (χ2n) is 7.36. The molecular formula is C23H22ClNO5S. The van der Waals surface area contributed by atoms with Crippen LogP contribution in [0.15, 0.2) is 65.7 Å². The van der Waals surface area contributed by atoms with Crippen molar-refractivity contribution in [2.24, 2.45) is 0 Å². The summed E-state index contributed by atoms with van der Waals surface area (Å²) in [5, 5.41) is 12.2. The number of carbonyl (C=O) groups is 1. The van der Waals surface area contributed by atoms with Gasteiger partial charge in [-0.15, -0.1) is 0 Å². The number of ether oxygens (including phenoxy) is 1. The number of sulfone groups is 1. The monoisotopic (exact) mass is 459 g/mol. The molecule has 0 aliphatic heterocycles. The van der Waals surface area contributed by atoms with Gasteiger partial charge in [-0.2, -0.15) is 4.73 Å². The lowest BCUT2D eigenvalue weighted by Crippen LogP contribution is -2.31. The molecule has 0 saturated carbocycles. The summed E-state index contributed by atoms with van der Waals surface area (Å²) >= 11 is 6.08. The van der Waals surface area contributed by atoms with Gasteiger partial charge >= 0.3 is 0 Å². The Morgan fingerprint density at radius 1 is 1.10 bits per heavy atom. The van der Waals surface area contributed by atoms with Crippen LogP contribution in [0, 0.1) is 12.1 Å². The summed E-state index contributed by atoms with van der Waals surface area (Å²) in [4.78, 5) is 13.3. The Bertz CT molecular complexity index is 1220. The summed E-state index contributed by atoms with van der Waals surface area (Å²) in [5.41, 5.74) is 0.860. The van der Waals surface area contributed by atoms with Crippen molar-refractivity contribution in [3.8, 4) is 5.75 Å². The van der Waals surface area contributed by atoms with Gasteiger partial charge in [0, 0.05) is 23.6 Å². The number of hydrogen-bond donors (Lipinski definition) is 0. The Balaban J connectivity index is 1.97. The molecule has 1 aromatic heterocycles. The topological polar surface area (TPSA) is 87.4 Å². The van der Waals surface area contributed by atoms with Gasteiger partial charge in [0.1, 0.15) is 5.75 Å². The lowest BCUT2D eigenvalue weighted by molar-refractivity contribution is -0.612. The van der Waals surface area contributed by atoms with Crippen LogP contribution < -0.4 is 9.47 Å². The normalized spacial score (nSPS) is 11.5. The van der Waals surface area contributed by atoms with E-state index in [1.54, 1.807) is 12.1 Å². The van der Waals surface area contributed by atoms with Gasteiger partial charge in [-0.1, -0.05) is 17.7 Å². The zero-order valence-corrected chi connectivity index (χ0v) is 18.9. The van der Waals surface area contributed by atoms with Gasteiger partial charge < -0.3 is 9.94 Å². The van der Waals surface area contributed by atoms with Crippen molar-refractivity contribution in [2.45, 2.75) is 37.5 Å². The number of benzene rings is 2. The van der Waals surface area contributed by atoms with Crippen LogP contribution in [0.1, 0.15) is 41.0 Å². The fourth-order valence-electron chi connectivity index (χ4n) is 3.13. The minimum absolute atomic E-state index is 0.0284. The van der Waals surface area contributed by atoms with E-state index in [4.69, 9.17) is 16.3 Å². The predicted molar refractivity (Wildman–Crippen MR) is 118 cm³/mol. The first-order valence-corrected chi connectivity index (χ1v) is 11.6. The molecule has 0 N–H and O–H groups in total. The quantitative estimate of drug-likeness (QED) is 0.299. The maximum Gasteiger partial charge on any atom is 0.200 e. The van der Waals surface area contributed by atoms with Crippen LogP contribution in [-0.2, 0) is 15.6 Å². The molecule has 2 aromatic carbocycles. The number of pyridine rings is 1. The van der Waals surface area contributed by atoms with Crippen LogP contribution in [0.5, 0.6) is 5.75 Å². The number of halogens is 1. The van der Waals surface area contributed by atoms with Crippen molar-refractivity contribution in [3.05, 3.63) is 93.4 Å². The van der Waals surface area contributed by atoms with Gasteiger partial charge in [-0.25, -0.2) is 8.42 Å². The Labute approximate surface area is 186 Å². The fourth-order valence-corrected chi connectivity index (χ4v) is 4.68. The summed E-state index contributed by atoms with van der Waals surface area (Å²) in [6.07, 6.45) is 1.27. The van der Waals surface area contributed by atoms with Crippen molar-refractivity contribution >= 4 is 27.2 Å². The smallest absolute Gasteiger partial charge is 0.200 e. The van der Waals surface area contributed by atoms with Crippen molar-refractivity contribution in [1.29, 1.82) is 0 Å². The minimum Gasteiger partial charge on any atom is -0.618 e. The first-order valence-electron chi connectivity index (χ1n) is 9.60. The van der Waals surface area contributed by atoms with Crippen molar-refractivity contribution < 1.29 is 22.7 Å². The largest absolute Gasteiger partial charge is 0.618 e. The molecule has 6 nitrogen and oxygen atoms in total. The molecule has 0 unspecified atom stereocenters. The molecule has 0 bridgehead atoms.